The number of halogens is 4. The van der Waals surface area contributed by atoms with E-state index < -0.39 is 41.8 Å². The largest absolute Gasteiger partial charge is 0.448 e. The third kappa shape index (κ3) is 13.1. The van der Waals surface area contributed by atoms with E-state index in [0.29, 0.717) is 61.0 Å². The van der Waals surface area contributed by atoms with Crippen LogP contribution in [0.5, 0.6) is 23.0 Å². The molecule has 10 aromatic rings. The lowest BCUT2D eigenvalue weighted by atomic mass is 10.2. The van der Waals surface area contributed by atoms with E-state index in [-0.39, 0.29) is 28.6 Å². The van der Waals surface area contributed by atoms with Crippen molar-refractivity contribution in [2.75, 3.05) is 5.84 Å². The predicted molar refractivity (Wildman–Crippen MR) is 274 cm³/mol. The zero-order valence-electron chi connectivity index (χ0n) is 37.9. The number of ether oxygens (including phenoxy) is 2. The molecule has 4 aromatic heterocycles. The highest BCUT2D eigenvalue weighted by molar-refractivity contribution is 7.98. The van der Waals surface area contributed by atoms with Crippen LogP contribution in [0.4, 0.5) is 17.6 Å². The SMILES string of the molecule is NOP(=O)(c1ccccc1)c1ccccc1.Nn1c(=O)c(Oc2ccc(F)cc2F)cc2cnc(SCc3ccccc3)nc21.O=c1[nH]c2nc(SCc3ccccc3)ncc2cc1Oc1ccc(F)cc1F. The zero-order chi connectivity index (χ0) is 51.3. The van der Waals surface area contributed by atoms with Crippen LogP contribution in [0.15, 0.2) is 202 Å². The second-order valence-electron chi connectivity index (χ2n) is 15.3. The van der Waals surface area contributed by atoms with Crippen LogP contribution in [0.3, 0.4) is 0 Å². The number of aromatic amines is 1. The van der Waals surface area contributed by atoms with E-state index in [0.717, 1.165) is 40.1 Å². The fourth-order valence-electron chi connectivity index (χ4n) is 6.64. The van der Waals surface area contributed by atoms with Crippen molar-refractivity contribution < 1.29 is 36.2 Å². The standard InChI is InChI=1S/C20H14F2N4O2S.C20H13F2N3O2S.C12H12NO2P/c21-14-6-7-16(15(22)9-14)28-17-8-13-10-24-20(25-18(13)26(23)19(17)27)29-11-12-4-2-1-3-5-12;21-14-6-7-16(15(22)9-14)27-17-8-13-10-23-20(25-18(13)24-19(17)26)28-11-12-4-2-1-3-5-12;13-15-16(14,11-7-3-1-4-8-11)12-9-5-2-6-10-12/h1-10H,11,23H2;1-10H,11H2,(H,23,24,25,26);1-10H,13H2. The lowest BCUT2D eigenvalue weighted by Gasteiger charge is -2.15. The first-order valence-corrected chi connectivity index (χ1v) is 25.2. The van der Waals surface area contributed by atoms with Gasteiger partial charge in [-0.2, -0.15) is 0 Å². The molecule has 0 fully saturated rings. The Hall–Kier alpha value is -8.13. The summed E-state index contributed by atoms with van der Waals surface area (Å²) in [6.07, 6.45) is 3.06. The van der Waals surface area contributed by atoms with Gasteiger partial charge in [-0.05, 0) is 71.8 Å². The van der Waals surface area contributed by atoms with Crippen LogP contribution in [-0.2, 0) is 20.7 Å². The van der Waals surface area contributed by atoms with Crippen LogP contribution >= 0.6 is 30.9 Å². The molecule has 5 N–H and O–H groups in total. The molecule has 21 heteroatoms. The van der Waals surface area contributed by atoms with Crippen LogP contribution in [0, 0.1) is 23.3 Å². The van der Waals surface area contributed by atoms with Gasteiger partial charge in [-0.3, -0.25) is 14.2 Å². The number of hydrogen-bond acceptors (Lipinski definition) is 14. The third-order valence-corrected chi connectivity index (χ3v) is 14.4. The topological polar surface area (TPSA) is 203 Å². The molecule has 0 amide bonds. The van der Waals surface area contributed by atoms with Gasteiger partial charge in [-0.15, -0.1) is 0 Å². The minimum absolute atomic E-state index is 0.133. The minimum Gasteiger partial charge on any atom is -0.448 e. The van der Waals surface area contributed by atoms with E-state index in [1.807, 2.05) is 97.1 Å². The fourth-order valence-corrected chi connectivity index (χ4v) is 9.85. The van der Waals surface area contributed by atoms with Gasteiger partial charge in [-0.25, -0.2) is 52.7 Å². The molecule has 4 heterocycles. The average Bonchev–Trinajstić information content (AvgIpc) is 3.42. The van der Waals surface area contributed by atoms with Gasteiger partial charge in [0.2, 0.25) is 0 Å². The first-order valence-electron chi connectivity index (χ1n) is 21.6. The minimum atomic E-state index is -3.13. The Kier molecular flexibility index (Phi) is 16.7. The van der Waals surface area contributed by atoms with Crippen molar-refractivity contribution in [1.82, 2.24) is 29.6 Å². The summed E-state index contributed by atoms with van der Waals surface area (Å²) in [5, 5.41) is 3.14. The molecular weight excluding hydrogens is 1000 g/mol. The van der Waals surface area contributed by atoms with Gasteiger partial charge in [0.25, 0.3) is 12.9 Å². The number of hydrogen-bond donors (Lipinski definition) is 3. The average molecular weight is 1040 g/mol. The summed E-state index contributed by atoms with van der Waals surface area (Å²) in [7, 11) is -3.13. The molecule has 0 unspecified atom stereocenters. The van der Waals surface area contributed by atoms with Crippen LogP contribution in [0.1, 0.15) is 11.1 Å². The monoisotopic (exact) mass is 1040 g/mol. The molecule has 14 nitrogen and oxygen atoms in total. The molecule has 6 aromatic carbocycles. The maximum absolute atomic E-state index is 13.8. The van der Waals surface area contributed by atoms with Crippen molar-refractivity contribution in [2.45, 2.75) is 21.8 Å². The lowest BCUT2D eigenvalue weighted by Crippen LogP contribution is -2.28. The number of nitrogens with two attached hydrogens (primary N) is 2. The summed E-state index contributed by atoms with van der Waals surface area (Å²) in [5.74, 6) is 8.23. The van der Waals surface area contributed by atoms with Crippen molar-refractivity contribution in [1.29, 1.82) is 0 Å². The zero-order valence-corrected chi connectivity index (χ0v) is 40.4. The Morgan fingerprint density at radius 1 is 0.562 bits per heavy atom. The van der Waals surface area contributed by atoms with Gasteiger partial charge in [-0.1, -0.05) is 121 Å². The van der Waals surface area contributed by atoms with E-state index >= 15 is 0 Å². The lowest BCUT2D eigenvalue weighted by molar-refractivity contribution is 0.343. The summed E-state index contributed by atoms with van der Waals surface area (Å²) in [6.45, 7) is 0. The number of nitrogen functional groups attached to an aromatic ring is 1. The van der Waals surface area contributed by atoms with E-state index in [1.54, 1.807) is 30.5 Å². The number of fused-ring (bicyclic) bond motifs is 2. The van der Waals surface area contributed by atoms with E-state index in [2.05, 4.69) is 24.9 Å². The van der Waals surface area contributed by atoms with Gasteiger partial charge < -0.3 is 20.3 Å². The normalized spacial score (nSPS) is 11.0. The smallest absolute Gasteiger partial charge is 0.313 e. The second kappa shape index (κ2) is 23.9. The number of aromatic nitrogens is 6. The molecule has 368 valence electrons. The van der Waals surface area contributed by atoms with Crippen molar-refractivity contribution in [3.8, 4) is 23.0 Å². The Morgan fingerprint density at radius 2 is 1.01 bits per heavy atom. The molecule has 0 spiro atoms. The van der Waals surface area contributed by atoms with Crippen molar-refractivity contribution >= 4 is 63.6 Å². The molecule has 0 saturated carbocycles. The van der Waals surface area contributed by atoms with Crippen LogP contribution < -0.4 is 42.9 Å². The van der Waals surface area contributed by atoms with E-state index in [4.69, 9.17) is 25.8 Å². The third-order valence-electron chi connectivity index (χ3n) is 10.2. The van der Waals surface area contributed by atoms with Gasteiger partial charge in [0.15, 0.2) is 50.6 Å². The second-order valence-corrected chi connectivity index (χ2v) is 19.5. The summed E-state index contributed by atoms with van der Waals surface area (Å²) in [4.78, 5) is 44.6. The molecule has 0 aliphatic heterocycles. The Labute approximate surface area is 421 Å². The van der Waals surface area contributed by atoms with Crippen LogP contribution in [0.25, 0.3) is 22.1 Å². The molecule has 0 saturated heterocycles. The molecule has 0 aliphatic rings. The number of rotatable bonds is 13. The summed E-state index contributed by atoms with van der Waals surface area (Å²) < 4.78 is 82.4. The van der Waals surface area contributed by atoms with Crippen molar-refractivity contribution in [3.63, 3.8) is 0 Å². The van der Waals surface area contributed by atoms with Crippen molar-refractivity contribution in [3.05, 3.63) is 237 Å². The number of nitrogens with one attached hydrogen (secondary N) is 1. The molecule has 10 rings (SSSR count). The summed E-state index contributed by atoms with van der Waals surface area (Å²) in [5.41, 5.74) is 1.52. The predicted octanol–water partition coefficient (Wildman–Crippen LogP) is 10.4. The highest BCUT2D eigenvalue weighted by atomic mass is 32.2. The first-order chi connectivity index (χ1) is 35.4. The number of pyridine rings is 2. The molecule has 73 heavy (non-hydrogen) atoms. The Morgan fingerprint density at radius 3 is 1.51 bits per heavy atom. The molecular formula is C52H39F4N8O6PS2. The first kappa shape index (κ1) is 51.2. The van der Waals surface area contributed by atoms with Crippen LogP contribution in [0.2, 0.25) is 0 Å². The molecule has 0 atom stereocenters. The maximum atomic E-state index is 13.8. The highest BCUT2D eigenvalue weighted by Crippen LogP contribution is 2.42. The van der Waals surface area contributed by atoms with Crippen molar-refractivity contribution in [2.24, 2.45) is 5.90 Å². The Bertz CT molecular complexity index is 3640. The molecule has 0 radical (unpaired) electrons. The van der Waals surface area contributed by atoms with Crippen LogP contribution in [-0.4, -0.2) is 29.6 Å². The van der Waals surface area contributed by atoms with Gasteiger partial charge in [0, 0.05) is 57.4 Å². The number of benzene rings is 6. The van der Waals surface area contributed by atoms with Gasteiger partial charge in [0.1, 0.15) is 17.3 Å². The van der Waals surface area contributed by atoms with E-state index in [1.165, 1.54) is 41.9 Å². The van der Waals surface area contributed by atoms with E-state index in [9.17, 15) is 31.7 Å². The highest BCUT2D eigenvalue weighted by Gasteiger charge is 2.27. The maximum Gasteiger partial charge on any atom is 0.313 e. The summed E-state index contributed by atoms with van der Waals surface area (Å²) >= 11 is 2.85. The number of H-pyrrole nitrogens is 1. The molecule has 0 bridgehead atoms. The Balaban J connectivity index is 0.000000152. The van der Waals surface area contributed by atoms with Gasteiger partial charge >= 0.3 is 5.56 Å². The number of nitrogens with zero attached hydrogens (tertiary/aromatic N) is 5. The molecule has 0 aliphatic carbocycles. The fraction of sp³-hybridized carbons (Fsp3) is 0.0385. The quantitative estimate of drug-likeness (QED) is 0.0246. The number of thioether (sulfide) groups is 2. The summed E-state index contributed by atoms with van der Waals surface area (Å²) in [6, 6.07) is 46.1. The van der Waals surface area contributed by atoms with Gasteiger partial charge in [0.05, 0.1) is 0 Å².